The van der Waals surface area contributed by atoms with E-state index in [1.807, 2.05) is 25.1 Å². The average molecular weight is 603 g/mol. The average Bonchev–Trinajstić information content (AvgIpc) is 2.92. The first-order valence-electron chi connectivity index (χ1n) is 12.4. The number of ether oxygens (including phenoxy) is 1. The lowest BCUT2D eigenvalue weighted by molar-refractivity contribution is -0.116. The van der Waals surface area contributed by atoms with E-state index < -0.39 is 15.9 Å². The number of methoxy groups -OCH3 is 1. The van der Waals surface area contributed by atoms with E-state index in [1.165, 1.54) is 29.6 Å². The minimum absolute atomic E-state index is 0.0652. The molecule has 4 rings (SSSR count). The van der Waals surface area contributed by atoms with E-state index >= 15 is 0 Å². The highest BCUT2D eigenvalue weighted by Gasteiger charge is 2.25. The first-order chi connectivity index (χ1) is 19.1. The van der Waals surface area contributed by atoms with Gasteiger partial charge in [0.25, 0.3) is 0 Å². The van der Waals surface area contributed by atoms with Crippen molar-refractivity contribution in [2.45, 2.75) is 18.2 Å². The predicted octanol–water partition coefficient (Wildman–Crippen LogP) is 5.57. The number of fused-ring (bicyclic) bond motifs is 1. The molecule has 1 amide bonds. The predicted molar refractivity (Wildman–Crippen MR) is 161 cm³/mol. The quantitative estimate of drug-likeness (QED) is 0.192. The molecule has 0 aliphatic heterocycles. The fraction of sp³-hybridized carbons (Fsp3) is 0.214. The Hall–Kier alpha value is -3.57. The number of aryl methyl sites for hydroxylation is 1. The van der Waals surface area contributed by atoms with E-state index in [9.17, 15) is 13.2 Å². The number of rotatable bonds is 11. The number of carbonyl (C=O) groups excluding carboxylic acids is 1. The Kier molecular flexibility index (Phi) is 9.36. The van der Waals surface area contributed by atoms with Crippen LogP contribution in [0.4, 0.5) is 17.1 Å². The highest BCUT2D eigenvalue weighted by atomic mass is 35.5. The molecule has 0 aliphatic rings. The van der Waals surface area contributed by atoms with Gasteiger partial charge in [0.1, 0.15) is 5.75 Å². The molecule has 40 heavy (non-hydrogen) atoms. The molecule has 0 radical (unpaired) electrons. The van der Waals surface area contributed by atoms with Crippen LogP contribution in [0.5, 0.6) is 5.75 Å². The van der Waals surface area contributed by atoms with Gasteiger partial charge in [0.2, 0.25) is 15.9 Å². The number of nitrogen functional groups attached to an aromatic ring is 1. The Morgan fingerprint density at radius 3 is 2.40 bits per heavy atom. The molecule has 210 valence electrons. The summed E-state index contributed by atoms with van der Waals surface area (Å²) >= 11 is 12.2. The molecule has 1 heterocycles. The summed E-state index contributed by atoms with van der Waals surface area (Å²) in [6.07, 6.45) is -0.103. The largest absolute Gasteiger partial charge is 0.497 e. The summed E-state index contributed by atoms with van der Waals surface area (Å²) in [6, 6.07) is 18.1. The standard InChI is InChI=1S/C28H29Cl2N5O4S/c1-18-15-26(23-16-19(29)4-10-25(23)33-18)32-12-14-35(40(37,38)22-7-5-21(39-2)6-8-22)13-11-28(36)34-27-17-20(30)3-9-24(27)31/h3-10,15-17H,11-14,31H2,1-2H3,(H,32,33)(H,34,36). The number of amides is 1. The number of hydrogen-bond acceptors (Lipinski definition) is 7. The van der Waals surface area contributed by atoms with Crippen molar-refractivity contribution < 1.29 is 17.9 Å². The Labute approximate surface area is 243 Å². The van der Waals surface area contributed by atoms with Crippen LogP contribution in [0.25, 0.3) is 10.9 Å². The number of hydrogen-bond donors (Lipinski definition) is 3. The third-order valence-electron chi connectivity index (χ3n) is 6.15. The van der Waals surface area contributed by atoms with Gasteiger partial charge in [0, 0.05) is 52.9 Å². The van der Waals surface area contributed by atoms with Crippen molar-refractivity contribution in [3.05, 3.63) is 82.5 Å². The van der Waals surface area contributed by atoms with Gasteiger partial charge >= 0.3 is 0 Å². The van der Waals surface area contributed by atoms with Crippen LogP contribution < -0.4 is 21.1 Å². The maximum Gasteiger partial charge on any atom is 0.243 e. The lowest BCUT2D eigenvalue weighted by Crippen LogP contribution is -2.37. The summed E-state index contributed by atoms with van der Waals surface area (Å²) in [4.78, 5) is 17.4. The topological polar surface area (TPSA) is 127 Å². The third kappa shape index (κ3) is 7.14. The Bertz CT molecular complexity index is 1630. The molecule has 0 unspecified atom stereocenters. The molecule has 0 atom stereocenters. The van der Waals surface area contributed by atoms with Crippen LogP contribution in [0.2, 0.25) is 10.0 Å². The van der Waals surface area contributed by atoms with E-state index in [2.05, 4.69) is 15.6 Å². The fourth-order valence-corrected chi connectivity index (χ4v) is 5.90. The lowest BCUT2D eigenvalue weighted by Gasteiger charge is -2.23. The van der Waals surface area contributed by atoms with Gasteiger partial charge in [-0.15, -0.1) is 0 Å². The summed E-state index contributed by atoms with van der Waals surface area (Å²) in [5, 5.41) is 7.82. The van der Waals surface area contributed by atoms with Crippen molar-refractivity contribution in [3.63, 3.8) is 0 Å². The summed E-state index contributed by atoms with van der Waals surface area (Å²) in [6.45, 7) is 2.17. The zero-order valence-corrected chi connectivity index (χ0v) is 24.3. The summed E-state index contributed by atoms with van der Waals surface area (Å²) in [5.74, 6) is 0.131. The minimum Gasteiger partial charge on any atom is -0.497 e. The Morgan fingerprint density at radius 1 is 0.975 bits per heavy atom. The first-order valence-corrected chi connectivity index (χ1v) is 14.6. The maximum atomic E-state index is 13.6. The van der Waals surface area contributed by atoms with Crippen molar-refractivity contribution >= 4 is 67.1 Å². The van der Waals surface area contributed by atoms with Crippen molar-refractivity contribution in [1.29, 1.82) is 0 Å². The number of aromatic nitrogens is 1. The van der Waals surface area contributed by atoms with E-state index in [0.717, 1.165) is 22.3 Å². The highest BCUT2D eigenvalue weighted by Crippen LogP contribution is 2.27. The molecule has 0 saturated heterocycles. The normalized spacial score (nSPS) is 11.5. The molecule has 0 spiro atoms. The van der Waals surface area contributed by atoms with Gasteiger partial charge < -0.3 is 21.1 Å². The fourth-order valence-electron chi connectivity index (χ4n) is 4.12. The van der Waals surface area contributed by atoms with Crippen molar-refractivity contribution in [2.24, 2.45) is 0 Å². The number of anilines is 3. The molecule has 1 aromatic heterocycles. The second-order valence-corrected chi connectivity index (χ2v) is 11.8. The van der Waals surface area contributed by atoms with Gasteiger partial charge in [0.15, 0.2) is 0 Å². The summed E-state index contributed by atoms with van der Waals surface area (Å²) in [5.41, 5.74) is 9.00. The summed E-state index contributed by atoms with van der Waals surface area (Å²) in [7, 11) is -2.44. The van der Waals surface area contributed by atoms with E-state index in [-0.39, 0.29) is 31.0 Å². The molecule has 0 aliphatic carbocycles. The van der Waals surface area contributed by atoms with E-state index in [1.54, 1.807) is 30.3 Å². The van der Waals surface area contributed by atoms with Gasteiger partial charge in [-0.3, -0.25) is 9.78 Å². The van der Waals surface area contributed by atoms with Crippen LogP contribution in [0.15, 0.2) is 71.6 Å². The van der Waals surface area contributed by atoms with Gasteiger partial charge in [-0.25, -0.2) is 8.42 Å². The van der Waals surface area contributed by atoms with Gasteiger partial charge in [-0.2, -0.15) is 4.31 Å². The molecule has 0 saturated carbocycles. The Balaban J connectivity index is 1.53. The van der Waals surface area contributed by atoms with Gasteiger partial charge in [-0.1, -0.05) is 23.2 Å². The molecule has 3 aromatic carbocycles. The monoisotopic (exact) mass is 601 g/mol. The van der Waals surface area contributed by atoms with Crippen LogP contribution in [0, 0.1) is 6.92 Å². The van der Waals surface area contributed by atoms with Crippen LogP contribution >= 0.6 is 23.2 Å². The number of nitrogens with one attached hydrogen (secondary N) is 2. The van der Waals surface area contributed by atoms with Crippen molar-refractivity contribution in [3.8, 4) is 5.75 Å². The number of sulfonamides is 1. The molecule has 0 bridgehead atoms. The number of nitrogens with two attached hydrogens (primary N) is 1. The zero-order valence-electron chi connectivity index (χ0n) is 21.9. The maximum absolute atomic E-state index is 13.6. The number of nitrogens with zero attached hydrogens (tertiary/aromatic N) is 2. The second kappa shape index (κ2) is 12.7. The lowest BCUT2D eigenvalue weighted by atomic mass is 10.1. The molecule has 4 aromatic rings. The number of pyridine rings is 1. The SMILES string of the molecule is COc1ccc(S(=O)(=O)N(CCNc2cc(C)nc3ccc(Cl)cc23)CCC(=O)Nc2cc(Cl)ccc2N)cc1. The first kappa shape index (κ1) is 29.4. The molecule has 0 fully saturated rings. The second-order valence-electron chi connectivity index (χ2n) is 9.01. The molecular weight excluding hydrogens is 573 g/mol. The van der Waals surface area contributed by atoms with Gasteiger partial charge in [-0.05, 0) is 73.7 Å². The number of benzene rings is 3. The van der Waals surface area contributed by atoms with Crippen molar-refractivity contribution in [1.82, 2.24) is 9.29 Å². The number of halogens is 2. The summed E-state index contributed by atoms with van der Waals surface area (Å²) < 4.78 is 33.7. The molecule has 4 N–H and O–H groups in total. The van der Waals surface area contributed by atoms with Crippen LogP contribution in [-0.4, -0.2) is 50.4 Å². The zero-order chi connectivity index (χ0) is 28.9. The van der Waals surface area contributed by atoms with Crippen LogP contribution in [0.3, 0.4) is 0 Å². The minimum atomic E-state index is -3.94. The third-order valence-corrected chi connectivity index (χ3v) is 8.53. The van der Waals surface area contributed by atoms with E-state index in [0.29, 0.717) is 27.2 Å². The van der Waals surface area contributed by atoms with Crippen LogP contribution in [-0.2, 0) is 14.8 Å². The highest BCUT2D eigenvalue weighted by molar-refractivity contribution is 7.89. The molecule has 9 nitrogen and oxygen atoms in total. The smallest absolute Gasteiger partial charge is 0.243 e. The van der Waals surface area contributed by atoms with Crippen molar-refractivity contribution in [2.75, 3.05) is 43.1 Å². The molecular formula is C28H29Cl2N5O4S. The molecule has 12 heteroatoms. The van der Waals surface area contributed by atoms with Crippen LogP contribution in [0.1, 0.15) is 12.1 Å². The van der Waals surface area contributed by atoms with Gasteiger partial charge in [0.05, 0.1) is 28.9 Å². The van der Waals surface area contributed by atoms with E-state index in [4.69, 9.17) is 33.7 Å². The number of carbonyl (C=O) groups is 1. The Morgan fingerprint density at radius 2 is 1.68 bits per heavy atom.